The van der Waals surface area contributed by atoms with Crippen molar-refractivity contribution in [2.24, 2.45) is 0 Å². The summed E-state index contributed by atoms with van der Waals surface area (Å²) >= 11 is 0. The molecule has 3 saturated heterocycles. The highest BCUT2D eigenvalue weighted by molar-refractivity contribution is 5.87. The number of nitrogens with one attached hydrogen (secondary N) is 2. The quantitative estimate of drug-likeness (QED) is 0.543. The van der Waals surface area contributed by atoms with Gasteiger partial charge in [0.05, 0.1) is 37.2 Å². The van der Waals surface area contributed by atoms with E-state index in [0.717, 1.165) is 22.4 Å². The van der Waals surface area contributed by atoms with E-state index in [4.69, 9.17) is 14.5 Å². The first-order chi connectivity index (χ1) is 17.5. The molecule has 4 heterocycles. The van der Waals surface area contributed by atoms with Crippen molar-refractivity contribution in [3.8, 4) is 0 Å². The monoisotopic (exact) mass is 489 g/mol. The second kappa shape index (κ2) is 8.94. The minimum Gasteiger partial charge on any atom is -0.434 e. The zero-order valence-corrected chi connectivity index (χ0v) is 19.7. The SMILES string of the molecule is O=C1NC[C@@H](C(=O)N2CC3(CCC(C(=O)NCc4nc5ccccc5n4Cc4ccccc4)O3)C2)O1. The van der Waals surface area contributed by atoms with Gasteiger partial charge in [0.25, 0.3) is 5.91 Å². The molecule has 3 aromatic rings. The van der Waals surface area contributed by atoms with E-state index < -0.39 is 23.9 Å². The fourth-order valence-corrected chi connectivity index (χ4v) is 5.25. The molecule has 186 valence electrons. The van der Waals surface area contributed by atoms with E-state index in [-0.39, 0.29) is 24.9 Å². The number of cyclic esters (lactones) is 1. The van der Waals surface area contributed by atoms with Crippen LogP contribution in [0.5, 0.6) is 0 Å². The number of nitrogens with zero attached hydrogens (tertiary/aromatic N) is 3. The summed E-state index contributed by atoms with van der Waals surface area (Å²) < 4.78 is 13.2. The first kappa shape index (κ1) is 22.5. The number of imidazole rings is 1. The average molecular weight is 490 g/mol. The summed E-state index contributed by atoms with van der Waals surface area (Å²) in [5.41, 5.74) is 2.55. The molecule has 1 aromatic heterocycles. The van der Waals surface area contributed by atoms with Gasteiger partial charge in [-0.25, -0.2) is 9.78 Å². The van der Waals surface area contributed by atoms with Crippen molar-refractivity contribution in [1.82, 2.24) is 25.1 Å². The van der Waals surface area contributed by atoms with Crippen LogP contribution in [0.4, 0.5) is 4.79 Å². The van der Waals surface area contributed by atoms with Crippen molar-refractivity contribution in [3.63, 3.8) is 0 Å². The van der Waals surface area contributed by atoms with Gasteiger partial charge in [0, 0.05) is 6.54 Å². The number of fused-ring (bicyclic) bond motifs is 1. The molecule has 3 aliphatic heterocycles. The molecule has 1 spiro atoms. The Bertz CT molecular complexity index is 1320. The fourth-order valence-electron chi connectivity index (χ4n) is 5.25. The van der Waals surface area contributed by atoms with Gasteiger partial charge in [-0.05, 0) is 30.5 Å². The minimum atomic E-state index is -0.787. The maximum Gasteiger partial charge on any atom is 0.408 e. The Morgan fingerprint density at radius 2 is 1.86 bits per heavy atom. The largest absolute Gasteiger partial charge is 0.434 e. The summed E-state index contributed by atoms with van der Waals surface area (Å²) in [5.74, 6) is 0.373. The van der Waals surface area contributed by atoms with E-state index in [0.29, 0.717) is 32.5 Å². The van der Waals surface area contributed by atoms with Gasteiger partial charge >= 0.3 is 6.09 Å². The topological polar surface area (TPSA) is 115 Å². The van der Waals surface area contributed by atoms with Crippen molar-refractivity contribution in [2.45, 2.75) is 43.7 Å². The molecule has 0 bridgehead atoms. The number of carbonyl (C=O) groups is 3. The first-order valence-corrected chi connectivity index (χ1v) is 12.2. The van der Waals surface area contributed by atoms with Gasteiger partial charge in [-0.2, -0.15) is 0 Å². The highest BCUT2D eigenvalue weighted by Crippen LogP contribution is 2.38. The van der Waals surface area contributed by atoms with E-state index in [1.807, 2.05) is 42.5 Å². The molecule has 0 saturated carbocycles. The van der Waals surface area contributed by atoms with Gasteiger partial charge in [-0.3, -0.25) is 9.59 Å². The molecule has 10 nitrogen and oxygen atoms in total. The number of likely N-dealkylation sites (tertiary alicyclic amines) is 1. The van der Waals surface area contributed by atoms with Crippen LogP contribution in [-0.4, -0.2) is 69.8 Å². The van der Waals surface area contributed by atoms with E-state index in [9.17, 15) is 14.4 Å². The lowest BCUT2D eigenvalue weighted by Gasteiger charge is -2.47. The summed E-state index contributed by atoms with van der Waals surface area (Å²) in [6, 6.07) is 18.1. The Morgan fingerprint density at radius 1 is 1.08 bits per heavy atom. The molecular formula is C26H27N5O5. The molecule has 0 aliphatic carbocycles. The van der Waals surface area contributed by atoms with Crippen molar-refractivity contribution < 1.29 is 23.9 Å². The number of ether oxygens (including phenoxy) is 2. The van der Waals surface area contributed by atoms with Crippen LogP contribution in [0.25, 0.3) is 11.0 Å². The molecule has 6 rings (SSSR count). The Hall–Kier alpha value is -3.92. The third kappa shape index (κ3) is 4.17. The van der Waals surface area contributed by atoms with Crippen LogP contribution in [-0.2, 0) is 32.2 Å². The van der Waals surface area contributed by atoms with Crippen molar-refractivity contribution >= 4 is 28.9 Å². The van der Waals surface area contributed by atoms with E-state index in [1.54, 1.807) is 4.90 Å². The molecule has 0 radical (unpaired) electrons. The molecule has 2 atom stereocenters. The summed E-state index contributed by atoms with van der Waals surface area (Å²) in [4.78, 5) is 43.0. The van der Waals surface area contributed by atoms with Crippen LogP contribution in [0.1, 0.15) is 24.2 Å². The number of benzene rings is 2. The van der Waals surface area contributed by atoms with Crippen molar-refractivity contribution in [3.05, 3.63) is 66.0 Å². The maximum atomic E-state index is 13.0. The number of carbonyl (C=O) groups excluding carboxylic acids is 3. The van der Waals surface area contributed by atoms with E-state index >= 15 is 0 Å². The van der Waals surface area contributed by atoms with Crippen LogP contribution in [0.2, 0.25) is 0 Å². The zero-order valence-electron chi connectivity index (χ0n) is 19.7. The van der Waals surface area contributed by atoms with Gasteiger partial charge in [0.1, 0.15) is 17.5 Å². The molecular weight excluding hydrogens is 462 g/mol. The van der Waals surface area contributed by atoms with Crippen molar-refractivity contribution in [2.75, 3.05) is 19.6 Å². The molecule has 10 heteroatoms. The Labute approximate surface area is 207 Å². The third-order valence-corrected chi connectivity index (χ3v) is 7.11. The number of rotatable bonds is 6. The van der Waals surface area contributed by atoms with Crippen LogP contribution in [0.3, 0.4) is 0 Å². The number of alkyl carbamates (subject to hydrolysis) is 1. The maximum absolute atomic E-state index is 13.0. The summed E-state index contributed by atoms with van der Waals surface area (Å²) in [6.45, 7) is 1.93. The molecule has 3 fully saturated rings. The summed E-state index contributed by atoms with van der Waals surface area (Å²) in [7, 11) is 0. The number of para-hydroxylation sites is 2. The van der Waals surface area contributed by atoms with Gasteiger partial charge < -0.3 is 29.6 Å². The molecule has 2 N–H and O–H groups in total. The van der Waals surface area contributed by atoms with E-state index in [2.05, 4.69) is 27.3 Å². The standard InChI is InChI=1S/C26H27N5O5/c32-23(20-10-11-26(36-20)15-30(16-26)24(33)21-12-28-25(34)35-21)27-13-22-29-18-8-4-5-9-19(18)31(22)14-17-6-2-1-3-7-17/h1-9,20-21H,10-16H2,(H,27,32)(H,28,34)/t20?,21-/m0/s1. The highest BCUT2D eigenvalue weighted by Gasteiger charge is 2.54. The predicted octanol–water partition coefficient (Wildman–Crippen LogP) is 1.57. The molecule has 2 aromatic carbocycles. The van der Waals surface area contributed by atoms with Gasteiger partial charge in [-0.1, -0.05) is 42.5 Å². The van der Waals surface area contributed by atoms with Crippen molar-refractivity contribution in [1.29, 1.82) is 0 Å². The van der Waals surface area contributed by atoms with Crippen LogP contribution < -0.4 is 10.6 Å². The third-order valence-electron chi connectivity index (χ3n) is 7.11. The average Bonchev–Trinajstić information content (AvgIpc) is 3.59. The highest BCUT2D eigenvalue weighted by atomic mass is 16.6. The Morgan fingerprint density at radius 3 is 2.64 bits per heavy atom. The van der Waals surface area contributed by atoms with Crippen LogP contribution in [0, 0.1) is 0 Å². The number of hydrogen-bond donors (Lipinski definition) is 2. The lowest BCUT2D eigenvalue weighted by Crippen LogP contribution is -2.65. The second-order valence-electron chi connectivity index (χ2n) is 9.60. The fraction of sp³-hybridized carbons (Fsp3) is 0.385. The van der Waals surface area contributed by atoms with Gasteiger partial charge in [0.15, 0.2) is 6.10 Å². The zero-order chi connectivity index (χ0) is 24.7. The number of hydrogen-bond acceptors (Lipinski definition) is 6. The molecule has 36 heavy (non-hydrogen) atoms. The molecule has 3 aliphatic rings. The molecule has 1 unspecified atom stereocenters. The normalized spacial score (nSPS) is 22.3. The lowest BCUT2D eigenvalue weighted by molar-refractivity contribution is -0.174. The predicted molar refractivity (Wildman–Crippen MR) is 129 cm³/mol. The summed E-state index contributed by atoms with van der Waals surface area (Å²) in [6.07, 6.45) is -0.640. The van der Waals surface area contributed by atoms with Gasteiger partial charge in [0.2, 0.25) is 5.91 Å². The van der Waals surface area contributed by atoms with Crippen LogP contribution in [0.15, 0.2) is 54.6 Å². The number of amides is 3. The Balaban J connectivity index is 1.07. The smallest absolute Gasteiger partial charge is 0.408 e. The van der Waals surface area contributed by atoms with Gasteiger partial charge in [-0.15, -0.1) is 0 Å². The first-order valence-electron chi connectivity index (χ1n) is 12.2. The van der Waals surface area contributed by atoms with Crippen LogP contribution >= 0.6 is 0 Å². The molecule has 3 amide bonds. The number of aromatic nitrogens is 2. The Kier molecular flexibility index (Phi) is 5.60. The minimum absolute atomic E-state index is 0.177. The summed E-state index contributed by atoms with van der Waals surface area (Å²) in [5, 5.41) is 5.49. The second-order valence-corrected chi connectivity index (χ2v) is 9.60. The lowest BCUT2D eigenvalue weighted by atomic mass is 9.90. The van der Waals surface area contributed by atoms with E-state index in [1.165, 1.54) is 0 Å².